The topological polar surface area (TPSA) is 33.1 Å². The van der Waals surface area contributed by atoms with E-state index < -0.39 is 11.6 Å². The van der Waals surface area contributed by atoms with Crippen molar-refractivity contribution in [2.24, 2.45) is 13.0 Å². The van der Waals surface area contributed by atoms with Crippen LogP contribution in [-0.4, -0.2) is 28.7 Å². The van der Waals surface area contributed by atoms with Crippen molar-refractivity contribution in [1.82, 2.24) is 14.9 Å². The van der Waals surface area contributed by atoms with Gasteiger partial charge in [0.05, 0.1) is 11.7 Å². The summed E-state index contributed by atoms with van der Waals surface area (Å²) < 4.78 is 29.2. The van der Waals surface area contributed by atoms with Gasteiger partial charge in [-0.25, -0.2) is 13.8 Å². The molecule has 2 atom stereocenters. The number of nitrogens with one attached hydrogen (secondary N) is 1. The van der Waals surface area contributed by atoms with Gasteiger partial charge in [0.15, 0.2) is 0 Å². The summed E-state index contributed by atoms with van der Waals surface area (Å²) in [5.74, 6) is 0.693. The van der Waals surface area contributed by atoms with Crippen LogP contribution < -0.4 is 10.2 Å². The van der Waals surface area contributed by atoms with Gasteiger partial charge in [0.25, 0.3) is 0 Å². The zero-order chi connectivity index (χ0) is 16.7. The van der Waals surface area contributed by atoms with Crippen LogP contribution in [0.25, 0.3) is 0 Å². The van der Waals surface area contributed by atoms with Crippen molar-refractivity contribution in [3.8, 4) is 0 Å². The lowest BCUT2D eigenvalue weighted by Gasteiger charge is -2.24. The van der Waals surface area contributed by atoms with Gasteiger partial charge in [0.1, 0.15) is 17.5 Å². The molecule has 1 aromatic heterocycles. The van der Waals surface area contributed by atoms with Gasteiger partial charge in [0, 0.05) is 44.6 Å². The number of halogens is 2. The molecule has 2 aromatic rings. The van der Waals surface area contributed by atoms with Crippen LogP contribution >= 0.6 is 0 Å². The Bertz CT molecular complexity index is 726. The van der Waals surface area contributed by atoms with E-state index in [1.165, 1.54) is 25.0 Å². The molecule has 1 aliphatic carbocycles. The molecule has 1 N–H and O–H groups in total. The second-order valence-electron chi connectivity index (χ2n) is 6.91. The van der Waals surface area contributed by atoms with Gasteiger partial charge >= 0.3 is 0 Å². The first-order chi connectivity index (χ1) is 11.6. The number of hydrogen-bond donors (Lipinski definition) is 1. The molecule has 1 saturated carbocycles. The Labute approximate surface area is 140 Å². The number of aromatic nitrogens is 2. The lowest BCUT2D eigenvalue weighted by Crippen LogP contribution is -2.37. The van der Waals surface area contributed by atoms with Crippen LogP contribution in [-0.2, 0) is 7.05 Å². The molecule has 2 unspecified atom stereocenters. The molecule has 0 spiro atoms. The fourth-order valence-electron chi connectivity index (χ4n) is 3.63. The van der Waals surface area contributed by atoms with E-state index in [0.29, 0.717) is 11.6 Å². The molecule has 4 nitrogen and oxygen atoms in total. The molecular formula is C18H22F2N4. The van der Waals surface area contributed by atoms with Crippen molar-refractivity contribution in [1.29, 1.82) is 0 Å². The third-order valence-electron chi connectivity index (χ3n) is 5.08. The summed E-state index contributed by atoms with van der Waals surface area (Å²) in [6, 6.07) is 4.35. The zero-order valence-corrected chi connectivity index (χ0v) is 13.8. The molecule has 2 aliphatic rings. The smallest absolute Gasteiger partial charge is 0.149 e. The molecule has 4 rings (SSSR count). The summed E-state index contributed by atoms with van der Waals surface area (Å²) in [6.45, 7) is 1.51. The van der Waals surface area contributed by atoms with Gasteiger partial charge in [-0.05, 0) is 37.3 Å². The van der Waals surface area contributed by atoms with E-state index in [0.717, 1.165) is 31.4 Å². The van der Waals surface area contributed by atoms with Crippen molar-refractivity contribution in [2.75, 3.05) is 18.0 Å². The first kappa shape index (κ1) is 15.6. The Balaban J connectivity index is 1.45. The standard InChI is InChI=1S/C18H22F2N4/c1-23-9-7-21-18(23)17(12-2-3-12)22-14-6-8-24(11-14)16-5-4-13(19)10-15(16)20/h4-5,7,9-10,12,14,17,22H,2-3,6,8,11H2,1H3. The summed E-state index contributed by atoms with van der Waals surface area (Å²) >= 11 is 0. The molecule has 1 saturated heterocycles. The SMILES string of the molecule is Cn1ccnc1C(NC1CCN(c2ccc(F)cc2F)C1)C1CC1. The molecule has 0 amide bonds. The maximum atomic E-state index is 14.0. The Hall–Kier alpha value is -1.95. The van der Waals surface area contributed by atoms with Crippen molar-refractivity contribution in [2.45, 2.75) is 31.3 Å². The first-order valence-corrected chi connectivity index (χ1v) is 8.55. The number of benzene rings is 1. The average molecular weight is 332 g/mol. The van der Waals surface area contributed by atoms with E-state index in [9.17, 15) is 8.78 Å². The number of imidazole rings is 1. The highest BCUT2D eigenvalue weighted by atomic mass is 19.1. The van der Waals surface area contributed by atoms with Gasteiger partial charge in [-0.3, -0.25) is 0 Å². The molecule has 2 heterocycles. The van der Waals surface area contributed by atoms with Gasteiger partial charge < -0.3 is 14.8 Å². The minimum atomic E-state index is -0.534. The Morgan fingerprint density at radius 1 is 1.25 bits per heavy atom. The molecule has 0 radical (unpaired) electrons. The number of anilines is 1. The van der Waals surface area contributed by atoms with Gasteiger partial charge in [-0.1, -0.05) is 0 Å². The van der Waals surface area contributed by atoms with Gasteiger partial charge in [0.2, 0.25) is 0 Å². The van der Waals surface area contributed by atoms with E-state index in [4.69, 9.17) is 0 Å². The second-order valence-corrected chi connectivity index (χ2v) is 6.91. The van der Waals surface area contributed by atoms with Crippen molar-refractivity contribution >= 4 is 5.69 Å². The van der Waals surface area contributed by atoms with Crippen LogP contribution in [0.15, 0.2) is 30.6 Å². The Morgan fingerprint density at radius 3 is 2.75 bits per heavy atom. The number of hydrogen-bond acceptors (Lipinski definition) is 3. The monoisotopic (exact) mass is 332 g/mol. The number of rotatable bonds is 5. The van der Waals surface area contributed by atoms with Crippen LogP contribution in [0.1, 0.15) is 31.1 Å². The summed E-state index contributed by atoms with van der Waals surface area (Å²) in [4.78, 5) is 6.50. The number of aryl methyl sites for hydroxylation is 1. The largest absolute Gasteiger partial charge is 0.368 e. The normalized spacial score (nSPS) is 22.1. The summed E-state index contributed by atoms with van der Waals surface area (Å²) in [5.41, 5.74) is 0.487. The van der Waals surface area contributed by atoms with Crippen molar-refractivity contribution in [3.05, 3.63) is 48.1 Å². The Morgan fingerprint density at radius 2 is 2.08 bits per heavy atom. The molecule has 1 aromatic carbocycles. The predicted octanol–water partition coefficient (Wildman–Crippen LogP) is 3.02. The average Bonchev–Trinajstić information content (AvgIpc) is 3.14. The van der Waals surface area contributed by atoms with E-state index in [-0.39, 0.29) is 12.1 Å². The summed E-state index contributed by atoms with van der Waals surface area (Å²) in [7, 11) is 2.02. The molecule has 1 aliphatic heterocycles. The molecule has 128 valence electrons. The fraction of sp³-hybridized carbons (Fsp3) is 0.500. The Kier molecular flexibility index (Phi) is 4.00. The lowest BCUT2D eigenvalue weighted by molar-refractivity contribution is 0.396. The maximum Gasteiger partial charge on any atom is 0.149 e. The third kappa shape index (κ3) is 3.02. The van der Waals surface area contributed by atoms with Crippen LogP contribution in [0.4, 0.5) is 14.5 Å². The quantitative estimate of drug-likeness (QED) is 0.914. The van der Waals surface area contributed by atoms with E-state index in [2.05, 4.69) is 14.9 Å². The van der Waals surface area contributed by atoms with Crippen molar-refractivity contribution in [3.63, 3.8) is 0 Å². The fourth-order valence-corrected chi connectivity index (χ4v) is 3.63. The summed E-state index contributed by atoms with van der Waals surface area (Å²) in [5, 5.41) is 3.73. The highest BCUT2D eigenvalue weighted by Crippen LogP contribution is 2.41. The van der Waals surface area contributed by atoms with Crippen LogP contribution in [0, 0.1) is 17.6 Å². The maximum absolute atomic E-state index is 14.0. The summed E-state index contributed by atoms with van der Waals surface area (Å²) in [6.07, 6.45) is 7.22. The van der Waals surface area contributed by atoms with E-state index in [1.54, 1.807) is 0 Å². The van der Waals surface area contributed by atoms with Crippen molar-refractivity contribution < 1.29 is 8.78 Å². The molecule has 6 heteroatoms. The first-order valence-electron chi connectivity index (χ1n) is 8.55. The molecule has 2 fully saturated rings. The van der Waals surface area contributed by atoms with Crippen LogP contribution in [0.5, 0.6) is 0 Å². The third-order valence-corrected chi connectivity index (χ3v) is 5.08. The van der Waals surface area contributed by atoms with Gasteiger partial charge in [-0.2, -0.15) is 0 Å². The van der Waals surface area contributed by atoms with Crippen LogP contribution in [0.3, 0.4) is 0 Å². The minimum Gasteiger partial charge on any atom is -0.368 e. The predicted molar refractivity (Wildman–Crippen MR) is 88.8 cm³/mol. The molecular weight excluding hydrogens is 310 g/mol. The van der Waals surface area contributed by atoms with E-state index >= 15 is 0 Å². The highest BCUT2D eigenvalue weighted by molar-refractivity contribution is 5.49. The zero-order valence-electron chi connectivity index (χ0n) is 13.8. The van der Waals surface area contributed by atoms with E-state index in [1.807, 2.05) is 24.3 Å². The minimum absolute atomic E-state index is 0.257. The van der Waals surface area contributed by atoms with Gasteiger partial charge in [-0.15, -0.1) is 0 Å². The second kappa shape index (κ2) is 6.16. The van der Waals surface area contributed by atoms with Crippen LogP contribution in [0.2, 0.25) is 0 Å². The molecule has 0 bridgehead atoms. The molecule has 24 heavy (non-hydrogen) atoms. The lowest BCUT2D eigenvalue weighted by atomic mass is 10.1. The number of nitrogens with zero attached hydrogens (tertiary/aromatic N) is 3. The highest BCUT2D eigenvalue weighted by Gasteiger charge is 2.37.